The minimum atomic E-state index is -0.291. The van der Waals surface area contributed by atoms with Gasteiger partial charge in [-0.25, -0.2) is 9.38 Å². The highest BCUT2D eigenvalue weighted by molar-refractivity contribution is 8.14. The first kappa shape index (κ1) is 28.8. The average molecular weight is 502 g/mol. The summed E-state index contributed by atoms with van der Waals surface area (Å²) < 4.78 is 13.5. The van der Waals surface area contributed by atoms with Crippen molar-refractivity contribution >= 4 is 35.1 Å². The number of hydrogen-bond acceptors (Lipinski definition) is 6. The molecule has 1 saturated heterocycles. The second kappa shape index (κ2) is 15.5. The first-order valence-electron chi connectivity index (χ1n) is 12.6. The number of rotatable bonds is 10. The van der Waals surface area contributed by atoms with Gasteiger partial charge < -0.3 is 16.0 Å². The molecule has 3 N–H and O–H groups in total. The van der Waals surface area contributed by atoms with E-state index in [0.717, 1.165) is 55.1 Å². The van der Waals surface area contributed by atoms with Gasteiger partial charge in [0.2, 0.25) is 0 Å². The van der Waals surface area contributed by atoms with Gasteiger partial charge >= 0.3 is 0 Å². The summed E-state index contributed by atoms with van der Waals surface area (Å²) in [6.07, 6.45) is 6.33. The number of halogens is 1. The van der Waals surface area contributed by atoms with Crippen LogP contribution in [0.15, 0.2) is 51.7 Å². The molecule has 1 atom stereocenters. The molecule has 0 aromatic heterocycles. The predicted molar refractivity (Wildman–Crippen MR) is 148 cm³/mol. The van der Waals surface area contributed by atoms with E-state index in [1.54, 1.807) is 23.9 Å². The molecular formula is C27H40FN5OS. The molecule has 0 aliphatic carbocycles. The molecule has 3 rings (SSSR count). The van der Waals surface area contributed by atoms with Gasteiger partial charge in [-0.3, -0.25) is 9.79 Å². The summed E-state index contributed by atoms with van der Waals surface area (Å²) in [5, 5.41) is 10.9. The van der Waals surface area contributed by atoms with Crippen LogP contribution < -0.4 is 16.0 Å². The third-order valence-electron chi connectivity index (χ3n) is 5.71. The van der Waals surface area contributed by atoms with Crippen LogP contribution in [0.3, 0.4) is 0 Å². The molecule has 0 saturated carbocycles. The molecule has 2 aliphatic rings. The van der Waals surface area contributed by atoms with E-state index in [-0.39, 0.29) is 17.8 Å². The first-order valence-corrected chi connectivity index (χ1v) is 13.6. The molecule has 1 amide bonds. The van der Waals surface area contributed by atoms with Crippen molar-refractivity contribution in [3.05, 3.63) is 53.1 Å². The Labute approximate surface area is 214 Å². The van der Waals surface area contributed by atoms with E-state index < -0.39 is 0 Å². The minimum Gasteiger partial charge on any atom is -0.383 e. The molecule has 35 heavy (non-hydrogen) atoms. The molecule has 0 spiro atoms. The van der Waals surface area contributed by atoms with Crippen LogP contribution in [0.2, 0.25) is 0 Å². The zero-order chi connectivity index (χ0) is 25.6. The number of piperidine rings is 1. The topological polar surface area (TPSA) is 77.9 Å². The molecule has 1 aromatic rings. The van der Waals surface area contributed by atoms with Crippen molar-refractivity contribution < 1.29 is 9.18 Å². The third kappa shape index (κ3) is 9.26. The van der Waals surface area contributed by atoms with E-state index in [9.17, 15) is 9.18 Å². The predicted octanol–water partition coefficient (Wildman–Crippen LogP) is 5.29. The van der Waals surface area contributed by atoms with Gasteiger partial charge in [-0.05, 0) is 76.3 Å². The van der Waals surface area contributed by atoms with E-state index >= 15 is 0 Å². The van der Waals surface area contributed by atoms with Gasteiger partial charge in [0.05, 0.1) is 10.7 Å². The van der Waals surface area contributed by atoms with Crippen LogP contribution in [0.1, 0.15) is 65.4 Å². The molecule has 2 heterocycles. The van der Waals surface area contributed by atoms with Gasteiger partial charge in [0.15, 0.2) is 0 Å². The maximum absolute atomic E-state index is 13.5. The number of allylic oxidation sites excluding steroid dienone is 1. The molecule has 1 unspecified atom stereocenters. The van der Waals surface area contributed by atoms with E-state index in [0.29, 0.717) is 29.6 Å². The summed E-state index contributed by atoms with van der Waals surface area (Å²) >= 11 is 1.61. The quantitative estimate of drug-likeness (QED) is 0.381. The first-order chi connectivity index (χ1) is 17.0. The van der Waals surface area contributed by atoms with Crippen LogP contribution in [0, 0.1) is 5.82 Å². The Morgan fingerprint density at radius 2 is 1.97 bits per heavy atom. The average Bonchev–Trinajstić information content (AvgIpc) is 2.87. The number of hydrogen-bond donors (Lipinski definition) is 3. The number of nitrogens with zero attached hydrogens (tertiary/aromatic N) is 2. The van der Waals surface area contributed by atoms with Crippen LogP contribution in [0.25, 0.3) is 5.70 Å². The Bertz CT molecular complexity index is 920. The zero-order valence-electron chi connectivity index (χ0n) is 21.5. The molecule has 1 fully saturated rings. The second-order valence-electron chi connectivity index (χ2n) is 8.41. The molecule has 8 heteroatoms. The van der Waals surface area contributed by atoms with E-state index in [2.05, 4.69) is 39.6 Å². The highest BCUT2D eigenvalue weighted by Crippen LogP contribution is 2.27. The van der Waals surface area contributed by atoms with Gasteiger partial charge in [0.1, 0.15) is 11.5 Å². The lowest BCUT2D eigenvalue weighted by molar-refractivity contribution is -0.118. The monoisotopic (exact) mass is 501 g/mol. The summed E-state index contributed by atoms with van der Waals surface area (Å²) in [4.78, 5) is 21.7. The summed E-state index contributed by atoms with van der Waals surface area (Å²) in [5.41, 5.74) is 2.85. The number of carbonyl (C=O) groups is 1. The fourth-order valence-corrected chi connectivity index (χ4v) is 4.84. The van der Waals surface area contributed by atoms with Gasteiger partial charge in [-0.2, -0.15) is 0 Å². The highest BCUT2D eigenvalue weighted by atomic mass is 32.2. The number of amides is 1. The van der Waals surface area contributed by atoms with Crippen LogP contribution in [0.5, 0.6) is 0 Å². The van der Waals surface area contributed by atoms with Crippen LogP contribution in [0.4, 0.5) is 4.39 Å². The molecule has 2 aliphatic heterocycles. The minimum absolute atomic E-state index is 0.115. The van der Waals surface area contributed by atoms with Gasteiger partial charge in [0.25, 0.3) is 5.91 Å². The van der Waals surface area contributed by atoms with E-state index in [4.69, 9.17) is 0 Å². The molecule has 192 valence electrons. The lowest BCUT2D eigenvalue weighted by Crippen LogP contribution is -2.40. The molecule has 1 aromatic carbocycles. The third-order valence-corrected chi connectivity index (χ3v) is 6.61. The standard InChI is InChI=1S/C25H34FN5OS.C2H6/c1-4-5-17(2)29-25(32)21-12-15-33-23(31-21)16-22(30-20-10-13-28-14-11-20)24(27-3)18-6-8-19(26)9-7-18;1-2/h6-9,12,17,20,28,30H,3-5,10-11,13-16H2,1-2H3,(H,29,32);1-2H3/b24-22-;. The highest BCUT2D eigenvalue weighted by Gasteiger charge is 2.21. The van der Waals surface area contributed by atoms with Crippen molar-refractivity contribution in [3.63, 3.8) is 0 Å². The van der Waals surface area contributed by atoms with Gasteiger partial charge in [0, 0.05) is 35.5 Å². The summed E-state index contributed by atoms with van der Waals surface area (Å²) in [6.45, 7) is 13.8. The normalized spacial score (nSPS) is 17.6. The lowest BCUT2D eigenvalue weighted by atomic mass is 10.0. The molecular weight excluding hydrogens is 461 g/mol. The van der Waals surface area contributed by atoms with Crippen molar-refractivity contribution in [1.82, 2.24) is 16.0 Å². The summed E-state index contributed by atoms with van der Waals surface area (Å²) in [7, 11) is 0. The fourth-order valence-electron chi connectivity index (χ4n) is 4.00. The smallest absolute Gasteiger partial charge is 0.269 e. The number of carbonyl (C=O) groups excluding carboxylic acids is 1. The SMILES string of the molecule is C=N/C(=C(/CC1=NC(C(=O)NC(C)CCC)=CCS1)NC1CCNCC1)c1ccc(F)cc1.CC. The maximum atomic E-state index is 13.5. The Morgan fingerprint density at radius 3 is 2.60 bits per heavy atom. The van der Waals surface area contributed by atoms with Crippen LogP contribution >= 0.6 is 11.8 Å². The molecule has 0 radical (unpaired) electrons. The van der Waals surface area contributed by atoms with E-state index in [1.165, 1.54) is 12.1 Å². The fraction of sp³-hybridized carbons (Fsp3) is 0.519. The van der Waals surface area contributed by atoms with Crippen molar-refractivity contribution in [2.75, 3.05) is 18.8 Å². The number of aliphatic imine (C=N–C) groups is 2. The van der Waals surface area contributed by atoms with Crippen molar-refractivity contribution in [2.45, 2.75) is 71.9 Å². The summed E-state index contributed by atoms with van der Waals surface area (Å²) in [5.74, 6) is 0.268. The zero-order valence-corrected chi connectivity index (χ0v) is 22.3. The largest absolute Gasteiger partial charge is 0.383 e. The van der Waals surface area contributed by atoms with Gasteiger partial charge in [-0.15, -0.1) is 11.8 Å². The Kier molecular flexibility index (Phi) is 12.8. The maximum Gasteiger partial charge on any atom is 0.269 e. The van der Waals surface area contributed by atoms with Crippen molar-refractivity contribution in [2.24, 2.45) is 9.98 Å². The van der Waals surface area contributed by atoms with Crippen molar-refractivity contribution in [1.29, 1.82) is 0 Å². The second-order valence-corrected chi connectivity index (χ2v) is 9.50. The lowest BCUT2D eigenvalue weighted by Gasteiger charge is -2.27. The number of thioether (sulfide) groups is 1. The Balaban J connectivity index is 0.00000210. The Morgan fingerprint density at radius 1 is 1.29 bits per heavy atom. The Hall–Kier alpha value is -2.45. The number of nitrogens with one attached hydrogen (secondary N) is 3. The van der Waals surface area contributed by atoms with Crippen molar-refractivity contribution in [3.8, 4) is 0 Å². The van der Waals surface area contributed by atoms with Crippen LogP contribution in [-0.4, -0.2) is 48.6 Å². The van der Waals surface area contributed by atoms with E-state index in [1.807, 2.05) is 26.8 Å². The van der Waals surface area contributed by atoms with Gasteiger partial charge in [-0.1, -0.05) is 27.2 Å². The van der Waals surface area contributed by atoms with Crippen LogP contribution in [-0.2, 0) is 4.79 Å². The molecule has 6 nitrogen and oxygen atoms in total. The molecule has 0 bridgehead atoms. The number of benzene rings is 1. The summed E-state index contributed by atoms with van der Waals surface area (Å²) in [6, 6.07) is 6.71.